The van der Waals surface area contributed by atoms with Crippen molar-refractivity contribution in [3.8, 4) is 0 Å². The van der Waals surface area contributed by atoms with Crippen molar-refractivity contribution in [3.05, 3.63) is 23.5 Å². The standard InChI is InChI=1S/C23H30O4/c1-13(24)22-16(12-27-14(2)25)11-21-20-6-4-15-10-17(26)5-7-18(15)19(20)8-9-23(21,22)3/h10,12,18-22H,4-9,11H2,1-3H3/t18-,19+,20+,21-,22-,23-/m0/s1. The molecule has 146 valence electrons. The van der Waals surface area contributed by atoms with Gasteiger partial charge in [-0.15, -0.1) is 0 Å². The molecule has 0 aliphatic heterocycles. The van der Waals surface area contributed by atoms with Gasteiger partial charge in [-0.05, 0) is 86.2 Å². The van der Waals surface area contributed by atoms with Crippen molar-refractivity contribution in [2.24, 2.45) is 35.0 Å². The zero-order valence-corrected chi connectivity index (χ0v) is 16.6. The number of fused-ring (bicyclic) bond motifs is 5. The summed E-state index contributed by atoms with van der Waals surface area (Å²) in [6.07, 6.45) is 10.4. The summed E-state index contributed by atoms with van der Waals surface area (Å²) >= 11 is 0. The lowest BCUT2D eigenvalue weighted by Crippen LogP contribution is -2.47. The molecule has 0 aromatic heterocycles. The van der Waals surface area contributed by atoms with E-state index in [1.165, 1.54) is 12.5 Å². The van der Waals surface area contributed by atoms with Crippen molar-refractivity contribution >= 4 is 17.5 Å². The maximum Gasteiger partial charge on any atom is 0.307 e. The molecule has 4 heteroatoms. The zero-order chi connectivity index (χ0) is 19.3. The Morgan fingerprint density at radius 2 is 1.93 bits per heavy atom. The number of allylic oxidation sites excluding steroid dienone is 2. The maximum absolute atomic E-state index is 12.6. The number of ketones is 2. The van der Waals surface area contributed by atoms with Gasteiger partial charge in [0, 0.05) is 19.3 Å². The lowest BCUT2D eigenvalue weighted by atomic mass is 9.51. The number of rotatable bonds is 2. The van der Waals surface area contributed by atoms with E-state index in [0.717, 1.165) is 44.1 Å². The fourth-order valence-electron chi connectivity index (χ4n) is 7.07. The molecule has 3 fully saturated rings. The highest BCUT2D eigenvalue weighted by Gasteiger charge is 2.59. The molecule has 0 heterocycles. The van der Waals surface area contributed by atoms with Crippen molar-refractivity contribution in [2.75, 3.05) is 0 Å². The molecule has 0 aromatic rings. The van der Waals surface area contributed by atoms with Crippen LogP contribution in [0.1, 0.15) is 65.7 Å². The first-order valence-corrected chi connectivity index (χ1v) is 10.4. The molecule has 0 aromatic carbocycles. The average molecular weight is 370 g/mol. The maximum atomic E-state index is 12.6. The van der Waals surface area contributed by atoms with Crippen LogP contribution >= 0.6 is 0 Å². The summed E-state index contributed by atoms with van der Waals surface area (Å²) in [6, 6.07) is 0. The fourth-order valence-corrected chi connectivity index (χ4v) is 7.07. The third kappa shape index (κ3) is 3.01. The van der Waals surface area contributed by atoms with E-state index in [1.54, 1.807) is 13.2 Å². The Balaban J connectivity index is 1.65. The van der Waals surface area contributed by atoms with Gasteiger partial charge in [-0.1, -0.05) is 12.5 Å². The molecule has 6 atom stereocenters. The van der Waals surface area contributed by atoms with E-state index in [4.69, 9.17) is 4.74 Å². The summed E-state index contributed by atoms with van der Waals surface area (Å²) in [6.45, 7) is 5.36. The van der Waals surface area contributed by atoms with Crippen LogP contribution in [0.3, 0.4) is 0 Å². The van der Waals surface area contributed by atoms with Crippen LogP contribution in [-0.2, 0) is 19.1 Å². The van der Waals surface area contributed by atoms with Crippen LogP contribution < -0.4 is 0 Å². The first kappa shape index (κ1) is 18.6. The number of hydrogen-bond acceptors (Lipinski definition) is 4. The van der Waals surface area contributed by atoms with Gasteiger partial charge in [-0.25, -0.2) is 0 Å². The number of carbonyl (C=O) groups excluding carboxylic acids is 3. The summed E-state index contributed by atoms with van der Waals surface area (Å²) in [7, 11) is 0. The summed E-state index contributed by atoms with van der Waals surface area (Å²) in [5, 5.41) is 0. The van der Waals surface area contributed by atoms with E-state index in [0.29, 0.717) is 35.9 Å². The number of ether oxygens (including phenoxy) is 1. The van der Waals surface area contributed by atoms with E-state index in [-0.39, 0.29) is 23.1 Å². The highest BCUT2D eigenvalue weighted by Crippen LogP contribution is 2.65. The molecule has 0 unspecified atom stereocenters. The predicted molar refractivity (Wildman–Crippen MR) is 101 cm³/mol. The van der Waals surface area contributed by atoms with Crippen molar-refractivity contribution in [3.63, 3.8) is 0 Å². The van der Waals surface area contributed by atoms with Gasteiger partial charge in [0.05, 0.1) is 6.26 Å². The Kier molecular flexibility index (Phi) is 4.64. The summed E-state index contributed by atoms with van der Waals surface area (Å²) in [5.74, 6) is 2.28. The van der Waals surface area contributed by atoms with Crippen LogP contribution in [0, 0.1) is 35.0 Å². The molecule has 0 saturated heterocycles. The quantitative estimate of drug-likeness (QED) is 0.534. The number of esters is 1. The van der Waals surface area contributed by atoms with Gasteiger partial charge in [-0.2, -0.15) is 0 Å². The predicted octanol–water partition coefficient (Wildman–Crippen LogP) is 4.39. The molecule has 0 bridgehead atoms. The van der Waals surface area contributed by atoms with Gasteiger partial charge >= 0.3 is 5.97 Å². The van der Waals surface area contributed by atoms with Crippen molar-refractivity contribution in [2.45, 2.75) is 65.7 Å². The number of carbonyl (C=O) groups is 3. The van der Waals surface area contributed by atoms with Gasteiger partial charge in [-0.3, -0.25) is 14.4 Å². The lowest BCUT2D eigenvalue weighted by Gasteiger charge is -2.53. The van der Waals surface area contributed by atoms with E-state index < -0.39 is 0 Å². The molecular formula is C23H30O4. The van der Waals surface area contributed by atoms with Crippen LogP contribution in [-0.4, -0.2) is 17.5 Å². The van der Waals surface area contributed by atoms with Crippen LogP contribution in [0.2, 0.25) is 0 Å². The second-order valence-electron chi connectivity index (χ2n) is 9.40. The second-order valence-corrected chi connectivity index (χ2v) is 9.40. The largest absolute Gasteiger partial charge is 0.435 e. The Morgan fingerprint density at radius 3 is 2.63 bits per heavy atom. The van der Waals surface area contributed by atoms with Gasteiger partial charge in [0.2, 0.25) is 0 Å². The minimum absolute atomic E-state index is 0.0370. The Hall–Kier alpha value is -1.71. The van der Waals surface area contributed by atoms with Gasteiger partial charge < -0.3 is 4.74 Å². The monoisotopic (exact) mass is 370 g/mol. The molecule has 4 aliphatic carbocycles. The Labute approximate surface area is 161 Å². The SMILES string of the molecule is CC(=O)OC=C1C[C@H]2[C@@H]3CCC4=CC(=O)CC[C@@H]4[C@H]3CC[C@]2(C)[C@H]1C(C)=O. The highest BCUT2D eigenvalue weighted by atomic mass is 16.5. The van der Waals surface area contributed by atoms with Gasteiger partial charge in [0.1, 0.15) is 5.78 Å². The third-order valence-corrected chi connectivity index (χ3v) is 8.01. The third-order valence-electron chi connectivity index (χ3n) is 8.01. The average Bonchev–Trinajstić information content (AvgIpc) is 2.91. The summed E-state index contributed by atoms with van der Waals surface area (Å²) in [4.78, 5) is 35.7. The molecule has 4 nitrogen and oxygen atoms in total. The summed E-state index contributed by atoms with van der Waals surface area (Å²) < 4.78 is 5.19. The molecule has 4 rings (SSSR count). The van der Waals surface area contributed by atoms with E-state index >= 15 is 0 Å². The van der Waals surface area contributed by atoms with Crippen molar-refractivity contribution in [1.82, 2.24) is 0 Å². The minimum Gasteiger partial charge on any atom is -0.435 e. The molecular weight excluding hydrogens is 340 g/mol. The first-order valence-electron chi connectivity index (χ1n) is 10.4. The van der Waals surface area contributed by atoms with Crippen LogP contribution in [0.15, 0.2) is 23.5 Å². The molecule has 0 amide bonds. The van der Waals surface area contributed by atoms with Crippen LogP contribution in [0.25, 0.3) is 0 Å². The molecule has 0 radical (unpaired) electrons. The Bertz CT molecular complexity index is 745. The fraction of sp³-hybridized carbons (Fsp3) is 0.696. The first-order chi connectivity index (χ1) is 12.8. The second kappa shape index (κ2) is 6.72. The van der Waals surface area contributed by atoms with E-state index in [1.807, 2.05) is 6.08 Å². The molecule has 0 spiro atoms. The van der Waals surface area contributed by atoms with E-state index in [2.05, 4.69) is 6.92 Å². The van der Waals surface area contributed by atoms with Crippen LogP contribution in [0.4, 0.5) is 0 Å². The Morgan fingerprint density at radius 1 is 1.15 bits per heavy atom. The van der Waals surface area contributed by atoms with Crippen molar-refractivity contribution in [1.29, 1.82) is 0 Å². The molecule has 27 heavy (non-hydrogen) atoms. The lowest BCUT2D eigenvalue weighted by molar-refractivity contribution is -0.135. The highest BCUT2D eigenvalue weighted by molar-refractivity contribution is 5.91. The van der Waals surface area contributed by atoms with Crippen LogP contribution in [0.5, 0.6) is 0 Å². The summed E-state index contributed by atoms with van der Waals surface area (Å²) in [5.41, 5.74) is 2.35. The van der Waals surface area contributed by atoms with Gasteiger partial charge in [0.25, 0.3) is 0 Å². The minimum atomic E-state index is -0.331. The smallest absolute Gasteiger partial charge is 0.307 e. The van der Waals surface area contributed by atoms with E-state index in [9.17, 15) is 14.4 Å². The van der Waals surface area contributed by atoms with Gasteiger partial charge in [0.15, 0.2) is 5.78 Å². The molecule has 4 aliphatic rings. The topological polar surface area (TPSA) is 60.4 Å². The normalized spacial score (nSPS) is 42.0. The molecule has 0 N–H and O–H groups in total. The zero-order valence-electron chi connectivity index (χ0n) is 16.6. The number of Topliss-reactive ketones (excluding diaryl/α,β-unsaturated/α-hetero) is 1. The van der Waals surface area contributed by atoms with Crippen molar-refractivity contribution < 1.29 is 19.1 Å². The number of hydrogen-bond donors (Lipinski definition) is 0. The molecule has 3 saturated carbocycles.